The van der Waals surface area contributed by atoms with Gasteiger partial charge in [0.2, 0.25) is 0 Å². The SMILES string of the molecule is COc1ccc(C2=NOC(C)([C@H]3CC=C(C)/C(=N/NC(=O)c4cccs4)C3)C2)cc1. The van der Waals surface area contributed by atoms with Gasteiger partial charge >= 0.3 is 0 Å². The summed E-state index contributed by atoms with van der Waals surface area (Å²) in [5.74, 6) is 0.860. The molecular formula is C23H25N3O3S. The minimum atomic E-state index is -0.412. The predicted octanol–water partition coefficient (Wildman–Crippen LogP) is 4.78. The second-order valence-electron chi connectivity index (χ2n) is 7.85. The number of methoxy groups -OCH3 is 1. The van der Waals surface area contributed by atoms with Crippen molar-refractivity contribution in [3.05, 3.63) is 63.9 Å². The van der Waals surface area contributed by atoms with Crippen molar-refractivity contribution in [3.8, 4) is 5.75 Å². The summed E-state index contributed by atoms with van der Waals surface area (Å²) in [4.78, 5) is 18.8. The van der Waals surface area contributed by atoms with Crippen LogP contribution in [-0.2, 0) is 4.84 Å². The largest absolute Gasteiger partial charge is 0.497 e. The average molecular weight is 424 g/mol. The first-order valence-corrected chi connectivity index (χ1v) is 10.8. The molecule has 0 fully saturated rings. The second kappa shape index (κ2) is 8.44. The fourth-order valence-corrected chi connectivity index (χ4v) is 4.42. The monoisotopic (exact) mass is 423 g/mol. The molecule has 7 heteroatoms. The van der Waals surface area contributed by atoms with Crippen LogP contribution in [0.5, 0.6) is 5.75 Å². The molecule has 0 radical (unpaired) electrons. The van der Waals surface area contributed by atoms with Crippen molar-refractivity contribution >= 4 is 28.7 Å². The molecule has 1 aromatic carbocycles. The molecule has 0 bridgehead atoms. The third-order valence-corrected chi connectivity index (χ3v) is 6.68. The number of carbonyl (C=O) groups is 1. The molecule has 1 unspecified atom stereocenters. The van der Waals surface area contributed by atoms with E-state index in [0.717, 1.165) is 47.6 Å². The van der Waals surface area contributed by atoms with Gasteiger partial charge in [0.1, 0.15) is 11.4 Å². The predicted molar refractivity (Wildman–Crippen MR) is 119 cm³/mol. The topological polar surface area (TPSA) is 72.3 Å². The fraction of sp³-hybridized carbons (Fsp3) is 0.348. The first-order valence-electron chi connectivity index (χ1n) is 9.95. The third kappa shape index (κ3) is 4.16. The zero-order chi connectivity index (χ0) is 21.1. The number of hydrazone groups is 1. The molecule has 2 atom stereocenters. The number of benzene rings is 1. The number of hydrogen-bond acceptors (Lipinski definition) is 6. The minimum absolute atomic E-state index is 0.180. The number of carbonyl (C=O) groups excluding carboxylic acids is 1. The summed E-state index contributed by atoms with van der Waals surface area (Å²) in [6.07, 6.45) is 4.52. The highest BCUT2D eigenvalue weighted by atomic mass is 32.1. The lowest BCUT2D eigenvalue weighted by Crippen LogP contribution is -2.38. The van der Waals surface area contributed by atoms with E-state index in [2.05, 4.69) is 28.7 Å². The molecule has 6 nitrogen and oxygen atoms in total. The van der Waals surface area contributed by atoms with Crippen LogP contribution < -0.4 is 10.2 Å². The summed E-state index contributed by atoms with van der Waals surface area (Å²) in [5, 5.41) is 10.7. The number of allylic oxidation sites excluding steroid dienone is 2. The maximum absolute atomic E-state index is 12.2. The van der Waals surface area contributed by atoms with Crippen molar-refractivity contribution in [2.45, 2.75) is 38.7 Å². The molecule has 2 aromatic rings. The number of thiophene rings is 1. The smallest absolute Gasteiger partial charge is 0.281 e. The van der Waals surface area contributed by atoms with Crippen LogP contribution in [0.3, 0.4) is 0 Å². The van der Waals surface area contributed by atoms with Crippen LogP contribution in [0.25, 0.3) is 0 Å². The van der Waals surface area contributed by atoms with E-state index in [1.807, 2.05) is 42.6 Å². The lowest BCUT2D eigenvalue weighted by molar-refractivity contribution is -0.0470. The lowest BCUT2D eigenvalue weighted by Gasteiger charge is -2.34. The number of amides is 1. The van der Waals surface area contributed by atoms with Gasteiger partial charge in [0.15, 0.2) is 0 Å². The Kier molecular flexibility index (Phi) is 5.72. The van der Waals surface area contributed by atoms with Crippen LogP contribution in [0, 0.1) is 5.92 Å². The standard InChI is InChI=1S/C23H25N3O3S/c1-15-6-9-17(13-19(15)24-25-22(27)21-5-4-12-30-21)23(2)14-20(26-29-23)16-7-10-18(28-3)11-8-16/h4-8,10-12,17H,9,13-14H2,1-3H3,(H,25,27)/b24-19+/t17-,23?/m0/s1. The van der Waals surface area contributed by atoms with Gasteiger partial charge in [0.25, 0.3) is 5.91 Å². The number of nitrogens with one attached hydrogen (secondary N) is 1. The number of ether oxygens (including phenoxy) is 1. The number of rotatable bonds is 5. The quantitative estimate of drug-likeness (QED) is 0.704. The Balaban J connectivity index is 1.44. The molecule has 1 amide bonds. The van der Waals surface area contributed by atoms with Crippen molar-refractivity contribution in [1.29, 1.82) is 0 Å². The Morgan fingerprint density at radius 3 is 2.83 bits per heavy atom. The van der Waals surface area contributed by atoms with Crippen LogP contribution in [0.1, 0.15) is 48.3 Å². The van der Waals surface area contributed by atoms with Gasteiger partial charge < -0.3 is 9.57 Å². The molecule has 2 heterocycles. The molecular weight excluding hydrogens is 398 g/mol. The Hall–Kier alpha value is -2.93. The summed E-state index contributed by atoms with van der Waals surface area (Å²) in [6.45, 7) is 4.14. The molecule has 1 aliphatic carbocycles. The lowest BCUT2D eigenvalue weighted by atomic mass is 9.75. The van der Waals surface area contributed by atoms with Crippen LogP contribution in [0.4, 0.5) is 0 Å². The summed E-state index contributed by atoms with van der Waals surface area (Å²) in [6, 6.07) is 11.5. The van der Waals surface area contributed by atoms with E-state index >= 15 is 0 Å². The Bertz CT molecular complexity index is 1010. The van der Waals surface area contributed by atoms with Crippen LogP contribution >= 0.6 is 11.3 Å². The second-order valence-corrected chi connectivity index (χ2v) is 8.80. The van der Waals surface area contributed by atoms with Gasteiger partial charge in [-0.1, -0.05) is 17.3 Å². The van der Waals surface area contributed by atoms with Crippen molar-refractivity contribution in [2.75, 3.05) is 7.11 Å². The molecule has 0 spiro atoms. The molecule has 2 aliphatic rings. The molecule has 1 aliphatic heterocycles. The Morgan fingerprint density at radius 2 is 2.13 bits per heavy atom. The van der Waals surface area contributed by atoms with E-state index < -0.39 is 5.60 Å². The van der Waals surface area contributed by atoms with E-state index in [1.165, 1.54) is 11.3 Å². The van der Waals surface area contributed by atoms with Crippen molar-refractivity contribution in [2.24, 2.45) is 16.2 Å². The fourth-order valence-electron chi connectivity index (χ4n) is 3.81. The third-order valence-electron chi connectivity index (χ3n) is 5.81. The van der Waals surface area contributed by atoms with E-state index in [4.69, 9.17) is 9.57 Å². The molecule has 0 saturated carbocycles. The first kappa shape index (κ1) is 20.3. The van der Waals surface area contributed by atoms with Crippen molar-refractivity contribution in [3.63, 3.8) is 0 Å². The van der Waals surface area contributed by atoms with E-state index in [9.17, 15) is 4.79 Å². The summed E-state index contributed by atoms with van der Waals surface area (Å²) in [5.41, 5.74) is 6.24. The summed E-state index contributed by atoms with van der Waals surface area (Å²) in [7, 11) is 1.66. The van der Waals surface area contributed by atoms with Gasteiger partial charge in [0, 0.05) is 12.3 Å². The van der Waals surface area contributed by atoms with Crippen LogP contribution in [0.2, 0.25) is 0 Å². The Morgan fingerprint density at radius 1 is 1.33 bits per heavy atom. The zero-order valence-corrected chi connectivity index (χ0v) is 18.2. The molecule has 4 rings (SSSR count). The molecule has 0 saturated heterocycles. The molecule has 156 valence electrons. The number of hydrogen-bond donors (Lipinski definition) is 1. The van der Waals surface area contributed by atoms with E-state index in [1.54, 1.807) is 13.2 Å². The van der Waals surface area contributed by atoms with Gasteiger partial charge in [-0.25, -0.2) is 5.43 Å². The van der Waals surface area contributed by atoms with E-state index in [-0.39, 0.29) is 11.8 Å². The summed E-state index contributed by atoms with van der Waals surface area (Å²) < 4.78 is 5.23. The highest BCUT2D eigenvalue weighted by Crippen LogP contribution is 2.40. The van der Waals surface area contributed by atoms with Gasteiger partial charge in [0.05, 0.1) is 23.4 Å². The van der Waals surface area contributed by atoms with Crippen molar-refractivity contribution in [1.82, 2.24) is 5.43 Å². The van der Waals surface area contributed by atoms with Gasteiger partial charge in [-0.15, -0.1) is 11.3 Å². The van der Waals surface area contributed by atoms with Crippen molar-refractivity contribution < 1.29 is 14.4 Å². The zero-order valence-electron chi connectivity index (χ0n) is 17.3. The maximum atomic E-state index is 12.2. The highest BCUT2D eigenvalue weighted by Gasteiger charge is 2.43. The van der Waals surface area contributed by atoms with Gasteiger partial charge in [-0.05, 0) is 73.5 Å². The average Bonchev–Trinajstić information content (AvgIpc) is 3.44. The minimum Gasteiger partial charge on any atom is -0.497 e. The molecule has 1 aromatic heterocycles. The van der Waals surface area contributed by atoms with Gasteiger partial charge in [-0.3, -0.25) is 4.79 Å². The normalized spacial score (nSPS) is 24.8. The maximum Gasteiger partial charge on any atom is 0.281 e. The highest BCUT2D eigenvalue weighted by molar-refractivity contribution is 7.12. The summed E-state index contributed by atoms with van der Waals surface area (Å²) >= 11 is 1.40. The number of oxime groups is 1. The molecule has 30 heavy (non-hydrogen) atoms. The number of nitrogens with zero attached hydrogens (tertiary/aromatic N) is 2. The Labute approximate surface area is 180 Å². The first-order chi connectivity index (χ1) is 14.5. The molecule has 1 N–H and O–H groups in total. The van der Waals surface area contributed by atoms with Crippen LogP contribution in [0.15, 0.2) is 63.7 Å². The van der Waals surface area contributed by atoms with Gasteiger partial charge in [-0.2, -0.15) is 5.10 Å². The van der Waals surface area contributed by atoms with E-state index in [0.29, 0.717) is 4.88 Å². The van der Waals surface area contributed by atoms with Crippen LogP contribution in [-0.4, -0.2) is 30.0 Å².